The van der Waals surface area contributed by atoms with Gasteiger partial charge in [-0.25, -0.2) is 4.68 Å². The molecule has 2 N–H and O–H groups in total. The van der Waals surface area contributed by atoms with Gasteiger partial charge in [-0.1, -0.05) is 17.3 Å². The number of rotatable bonds is 5. The predicted molar refractivity (Wildman–Crippen MR) is 96.2 cm³/mol. The van der Waals surface area contributed by atoms with Gasteiger partial charge in [0.15, 0.2) is 5.69 Å². The van der Waals surface area contributed by atoms with E-state index in [0.29, 0.717) is 12.5 Å². The number of carbonyl (C=O) groups is 1. The Kier molecular flexibility index (Phi) is 7.20. The Morgan fingerprint density at radius 3 is 2.81 bits per heavy atom. The summed E-state index contributed by atoms with van der Waals surface area (Å²) < 4.78 is 40.3. The number of amides is 1. The van der Waals surface area contributed by atoms with E-state index in [0.717, 1.165) is 43.1 Å². The largest absolute Gasteiger partial charge is 0.418 e. The molecule has 0 saturated carbocycles. The molecule has 10 heteroatoms. The number of hydrogen-bond acceptors (Lipinski definition) is 4. The van der Waals surface area contributed by atoms with E-state index >= 15 is 0 Å². The summed E-state index contributed by atoms with van der Waals surface area (Å²) in [6.45, 7) is 2.48. The Bertz CT molecular complexity index is 759. The molecule has 1 amide bonds. The van der Waals surface area contributed by atoms with Crippen LogP contribution in [0, 0.1) is 5.92 Å². The quantitative estimate of drug-likeness (QED) is 0.805. The van der Waals surface area contributed by atoms with E-state index in [1.165, 1.54) is 24.4 Å². The number of alkyl halides is 3. The zero-order chi connectivity index (χ0) is 18.6. The Labute approximate surface area is 160 Å². The minimum absolute atomic E-state index is 0. The fourth-order valence-electron chi connectivity index (χ4n) is 3.05. The molecule has 1 fully saturated rings. The van der Waals surface area contributed by atoms with Crippen LogP contribution in [0.15, 0.2) is 30.5 Å². The summed E-state index contributed by atoms with van der Waals surface area (Å²) >= 11 is 0. The van der Waals surface area contributed by atoms with Crippen LogP contribution in [0.5, 0.6) is 0 Å². The van der Waals surface area contributed by atoms with Crippen LogP contribution in [-0.2, 0) is 6.18 Å². The average Bonchev–Trinajstić information content (AvgIpc) is 3.12. The van der Waals surface area contributed by atoms with Gasteiger partial charge in [0.05, 0.1) is 17.4 Å². The Morgan fingerprint density at radius 2 is 2.11 bits per heavy atom. The van der Waals surface area contributed by atoms with Crippen molar-refractivity contribution in [2.75, 3.05) is 19.6 Å². The third kappa shape index (κ3) is 5.43. The van der Waals surface area contributed by atoms with Gasteiger partial charge >= 0.3 is 6.18 Å². The molecule has 2 heterocycles. The summed E-state index contributed by atoms with van der Waals surface area (Å²) in [6, 6.07) is 5.03. The molecule has 6 nitrogen and oxygen atoms in total. The van der Waals surface area contributed by atoms with E-state index in [4.69, 9.17) is 0 Å². The van der Waals surface area contributed by atoms with Crippen molar-refractivity contribution in [2.24, 2.45) is 5.92 Å². The summed E-state index contributed by atoms with van der Waals surface area (Å²) in [5.74, 6) is 0.0860. The topological polar surface area (TPSA) is 71.8 Å². The number of nitrogens with one attached hydrogen (secondary N) is 2. The number of para-hydroxylation sites is 1. The zero-order valence-electron chi connectivity index (χ0n) is 14.5. The van der Waals surface area contributed by atoms with Gasteiger partial charge in [-0.15, -0.1) is 17.5 Å². The predicted octanol–water partition coefficient (Wildman–Crippen LogP) is 2.83. The third-order valence-electron chi connectivity index (χ3n) is 4.42. The van der Waals surface area contributed by atoms with Gasteiger partial charge < -0.3 is 10.6 Å². The SMILES string of the molecule is Cl.O=C(NCCC1CCCNC1)c1cn(-c2ccccc2C(F)(F)F)nn1. The lowest BCUT2D eigenvalue weighted by Crippen LogP contribution is -2.33. The van der Waals surface area contributed by atoms with Gasteiger partial charge in [0.25, 0.3) is 5.91 Å². The van der Waals surface area contributed by atoms with Crippen LogP contribution in [0.25, 0.3) is 5.69 Å². The van der Waals surface area contributed by atoms with E-state index in [1.807, 2.05) is 0 Å². The standard InChI is InChI=1S/C17H20F3N5O.ClH/c18-17(19,20)13-5-1-2-6-15(13)25-11-14(23-24-25)16(26)22-9-7-12-4-3-8-21-10-12;/h1-2,5-6,11-12,21H,3-4,7-10H2,(H,22,26);1H. The van der Waals surface area contributed by atoms with E-state index in [9.17, 15) is 18.0 Å². The lowest BCUT2D eigenvalue weighted by Gasteiger charge is -2.22. The Morgan fingerprint density at radius 1 is 1.33 bits per heavy atom. The summed E-state index contributed by atoms with van der Waals surface area (Å²) in [6.07, 6.45) is -0.191. The normalized spacial score (nSPS) is 17.2. The first kappa shape index (κ1) is 21.2. The molecule has 1 aromatic heterocycles. The highest BCUT2D eigenvalue weighted by atomic mass is 35.5. The van der Waals surface area contributed by atoms with Crippen molar-refractivity contribution in [1.82, 2.24) is 25.6 Å². The van der Waals surface area contributed by atoms with E-state index in [1.54, 1.807) is 0 Å². The minimum Gasteiger partial charge on any atom is -0.351 e. The highest BCUT2D eigenvalue weighted by Gasteiger charge is 2.34. The van der Waals surface area contributed by atoms with Gasteiger partial charge in [0, 0.05) is 6.54 Å². The number of piperidine rings is 1. The molecule has 148 valence electrons. The molecule has 1 saturated heterocycles. The van der Waals surface area contributed by atoms with Crippen molar-refractivity contribution >= 4 is 18.3 Å². The number of halogens is 4. The smallest absolute Gasteiger partial charge is 0.351 e. The summed E-state index contributed by atoms with van der Waals surface area (Å²) in [7, 11) is 0. The monoisotopic (exact) mass is 403 g/mol. The molecule has 2 aromatic rings. The second-order valence-corrected chi connectivity index (χ2v) is 6.32. The van der Waals surface area contributed by atoms with Crippen molar-refractivity contribution in [3.63, 3.8) is 0 Å². The fourth-order valence-corrected chi connectivity index (χ4v) is 3.05. The number of hydrogen-bond donors (Lipinski definition) is 2. The second kappa shape index (κ2) is 9.18. The van der Waals surface area contributed by atoms with Gasteiger partial charge in [-0.2, -0.15) is 13.2 Å². The number of benzene rings is 1. The molecule has 0 spiro atoms. The zero-order valence-corrected chi connectivity index (χ0v) is 15.3. The van der Waals surface area contributed by atoms with Crippen LogP contribution in [-0.4, -0.2) is 40.5 Å². The van der Waals surface area contributed by atoms with E-state index < -0.39 is 17.6 Å². The molecule has 1 aromatic carbocycles. The first-order valence-corrected chi connectivity index (χ1v) is 8.53. The lowest BCUT2D eigenvalue weighted by molar-refractivity contribution is -0.137. The van der Waals surface area contributed by atoms with Crippen LogP contribution >= 0.6 is 12.4 Å². The van der Waals surface area contributed by atoms with Crippen LogP contribution in [0.3, 0.4) is 0 Å². The first-order chi connectivity index (χ1) is 12.4. The van der Waals surface area contributed by atoms with Crippen molar-refractivity contribution < 1.29 is 18.0 Å². The Balaban J connectivity index is 0.00000261. The first-order valence-electron chi connectivity index (χ1n) is 8.53. The maximum absolute atomic E-state index is 13.1. The van der Waals surface area contributed by atoms with Gasteiger partial charge in [-0.3, -0.25) is 4.79 Å². The van der Waals surface area contributed by atoms with Crippen molar-refractivity contribution in [3.05, 3.63) is 41.7 Å². The molecule has 0 bridgehead atoms. The number of aromatic nitrogens is 3. The van der Waals surface area contributed by atoms with Crippen molar-refractivity contribution in [3.8, 4) is 5.69 Å². The summed E-state index contributed by atoms with van der Waals surface area (Å²) in [4.78, 5) is 12.1. The molecule has 1 aliphatic heterocycles. The molecule has 0 aliphatic carbocycles. The van der Waals surface area contributed by atoms with Gasteiger partial charge in [0.1, 0.15) is 0 Å². The number of nitrogens with zero attached hydrogens (tertiary/aromatic N) is 3. The highest BCUT2D eigenvalue weighted by Crippen LogP contribution is 2.33. The maximum Gasteiger partial charge on any atom is 0.418 e. The van der Waals surface area contributed by atoms with Crippen molar-refractivity contribution in [2.45, 2.75) is 25.4 Å². The fraction of sp³-hybridized carbons (Fsp3) is 0.471. The molecule has 1 unspecified atom stereocenters. The highest BCUT2D eigenvalue weighted by molar-refractivity contribution is 5.91. The third-order valence-corrected chi connectivity index (χ3v) is 4.42. The van der Waals surface area contributed by atoms with Crippen molar-refractivity contribution in [1.29, 1.82) is 0 Å². The molecular formula is C17H21ClF3N5O. The Hall–Kier alpha value is -2.13. The number of carbonyl (C=O) groups excluding carboxylic acids is 1. The molecule has 0 radical (unpaired) electrons. The van der Waals surface area contributed by atoms with Gasteiger partial charge in [0.2, 0.25) is 0 Å². The molecular weight excluding hydrogens is 383 g/mol. The maximum atomic E-state index is 13.1. The molecule has 27 heavy (non-hydrogen) atoms. The minimum atomic E-state index is -4.51. The van der Waals surface area contributed by atoms with Gasteiger partial charge in [-0.05, 0) is 50.4 Å². The van der Waals surface area contributed by atoms with E-state index in [2.05, 4.69) is 20.9 Å². The molecule has 3 rings (SSSR count). The average molecular weight is 404 g/mol. The lowest BCUT2D eigenvalue weighted by atomic mass is 9.96. The molecule has 1 aliphatic rings. The van der Waals surface area contributed by atoms with Crippen LogP contribution < -0.4 is 10.6 Å². The molecule has 1 atom stereocenters. The van der Waals surface area contributed by atoms with Crippen LogP contribution in [0.4, 0.5) is 13.2 Å². The van der Waals surface area contributed by atoms with E-state index in [-0.39, 0.29) is 23.8 Å². The second-order valence-electron chi connectivity index (χ2n) is 6.32. The summed E-state index contributed by atoms with van der Waals surface area (Å²) in [5, 5.41) is 13.4. The van der Waals surface area contributed by atoms with Crippen LogP contribution in [0.2, 0.25) is 0 Å². The van der Waals surface area contributed by atoms with Crippen LogP contribution in [0.1, 0.15) is 35.3 Å². The summed E-state index contributed by atoms with van der Waals surface area (Å²) in [5.41, 5.74) is -1.01.